The normalized spacial score (nSPS) is 36.5. The molecular formula is C53H80CoN11O15P+. The maximum atomic E-state index is 14.1. The topological polar surface area (TPSA) is 467 Å². The number of primary amides is 6. The molecule has 450 valence electrons. The molecule has 15 atom stereocenters. The molecule has 0 aromatic carbocycles. The largest absolute Gasteiger partial charge is 3.00 e. The van der Waals surface area contributed by atoms with Crippen LogP contribution in [0, 0.1) is 45.3 Å². The van der Waals surface area contributed by atoms with Gasteiger partial charge in [0.2, 0.25) is 41.4 Å². The number of carbonyl (C=O) groups is 7. The molecule has 7 amide bonds. The van der Waals surface area contributed by atoms with E-state index in [1.54, 1.807) is 20.8 Å². The molecule has 0 aromatic rings. The number of aliphatic hydroxyl groups is 3. The Bertz CT molecular complexity index is 2800. The maximum Gasteiger partial charge on any atom is 3.00 e. The molecule has 6 aliphatic rings. The van der Waals surface area contributed by atoms with Crippen molar-refractivity contribution in [3.8, 4) is 0 Å². The zero-order valence-electron chi connectivity index (χ0n) is 47.3. The Morgan fingerprint density at radius 3 is 1.90 bits per heavy atom. The number of fused-ring (bicyclic) bond motifs is 6. The van der Waals surface area contributed by atoms with E-state index in [0.717, 1.165) is 0 Å². The van der Waals surface area contributed by atoms with E-state index in [4.69, 9.17) is 68.5 Å². The summed E-state index contributed by atoms with van der Waals surface area (Å²) in [7, 11) is -5.27. The number of hydrogen-bond donors (Lipinski definition) is 10. The average Bonchev–Trinajstić information content (AvgIpc) is 4.02. The van der Waals surface area contributed by atoms with Crippen molar-refractivity contribution in [1.82, 2.24) is 5.32 Å². The van der Waals surface area contributed by atoms with Gasteiger partial charge in [-0.2, -0.15) is 5.70 Å². The smallest absolute Gasteiger partial charge is 0.756 e. The fourth-order valence-corrected chi connectivity index (χ4v) is 14.7. The predicted molar refractivity (Wildman–Crippen MR) is 289 cm³/mol. The summed E-state index contributed by atoms with van der Waals surface area (Å²) in [6, 6.07) is -1.05. The van der Waals surface area contributed by atoms with Crippen LogP contribution in [0.4, 0.5) is 0 Å². The first-order chi connectivity index (χ1) is 37.0. The number of nitrogens with one attached hydrogen (secondary N) is 1. The molecule has 6 heterocycles. The van der Waals surface area contributed by atoms with E-state index in [-0.39, 0.29) is 94.0 Å². The van der Waals surface area contributed by atoms with Gasteiger partial charge in [0.05, 0.1) is 23.9 Å². The molecule has 15 unspecified atom stereocenters. The van der Waals surface area contributed by atoms with E-state index < -0.39 is 143 Å². The standard InChI is InChI=1S/C53H82N11O15P.Co/c1-24(78-80(75,76)79-44-32(23-65)77-48(74)43(44)73)22-60-40(72)16-17-50(6)30(18-37(57)69)47-53(9)52(8,21-39(59)71)29(12-15-36(56)68)42(64-53)26(3)46-51(7,20-38(58)70)27(10-13-34(54)66)31(61-46)19-33-49(4,5)28(11-14-35(55)67)41(62-33)25(2)45(50)63-47;/h19,24,27-30,32,43-44,47-48,65,73-74H,10-18,20-23H2,1-9H3,(H15,54,55,56,57,58,59,60,61,62,63,64,66,67,68,69,70,71,72,75,76);/q;+3/p-2. The second-order valence-corrected chi connectivity index (χ2v) is 25.2. The van der Waals surface area contributed by atoms with Crippen LogP contribution in [0.5, 0.6) is 0 Å². The quantitative estimate of drug-likeness (QED) is 0.0556. The van der Waals surface area contributed by atoms with Crippen molar-refractivity contribution in [3.63, 3.8) is 0 Å². The molecular weight excluding hydrogens is 1120 g/mol. The van der Waals surface area contributed by atoms with Gasteiger partial charge in [-0.15, -0.1) is 0 Å². The van der Waals surface area contributed by atoms with Gasteiger partial charge in [0.1, 0.15) is 18.3 Å². The third-order valence-electron chi connectivity index (χ3n) is 18.0. The van der Waals surface area contributed by atoms with Crippen molar-refractivity contribution in [2.24, 2.45) is 94.7 Å². The SMILES string of the molecule is C/C1=C2N=C(/C=C3N=C(/C(C)=C4\[N-]C(C(CC(N)=O)C4(C)CCC(=O)NCC(C)OP(=O)([O-])OC4C(CO)OC(O)C4O)C4(C)N=C1C(CCC(N)=O)C4(C)CC(N)=O)C(CCC(N)=O)C\3(C)C)C(CCC(N)=O)C/2(C)CC(N)=O.[Co+3]. The van der Waals surface area contributed by atoms with Gasteiger partial charge in [0, 0.05) is 108 Å². The zero-order chi connectivity index (χ0) is 60.0. The molecule has 0 saturated carbocycles. The first kappa shape index (κ1) is 66.6. The number of nitrogens with two attached hydrogens (primary N) is 6. The van der Waals surface area contributed by atoms with E-state index in [1.807, 2.05) is 40.7 Å². The number of aliphatic hydroxyl groups excluding tert-OH is 3. The summed E-state index contributed by atoms with van der Waals surface area (Å²) < 4.78 is 28.0. The number of aliphatic imine (C=N–C) groups is 3. The van der Waals surface area contributed by atoms with Crippen molar-refractivity contribution in [2.75, 3.05) is 13.2 Å². The number of phosphoric ester groups is 1. The number of amides is 7. The Balaban J connectivity index is 0.0000120. The van der Waals surface area contributed by atoms with Crippen LogP contribution >= 0.6 is 7.82 Å². The second-order valence-electron chi connectivity index (χ2n) is 23.9. The van der Waals surface area contributed by atoms with Crippen LogP contribution in [0.1, 0.15) is 133 Å². The van der Waals surface area contributed by atoms with Crippen LogP contribution in [0.25, 0.3) is 5.32 Å². The van der Waals surface area contributed by atoms with E-state index in [0.29, 0.717) is 45.4 Å². The van der Waals surface area contributed by atoms with Crippen LogP contribution in [-0.4, -0.2) is 129 Å². The third kappa shape index (κ3) is 13.3. The minimum absolute atomic E-state index is 0. The van der Waals surface area contributed by atoms with Gasteiger partial charge in [0.15, 0.2) is 6.29 Å². The number of carbonyl (C=O) groups excluding carboxylic acids is 7. The summed E-state index contributed by atoms with van der Waals surface area (Å²) in [6.07, 6.45) is -7.30. The third-order valence-corrected chi connectivity index (χ3v) is 19.1. The number of allylic oxidation sites excluding steroid dienone is 6. The summed E-state index contributed by atoms with van der Waals surface area (Å²) in [6.45, 7) is 14.9. The van der Waals surface area contributed by atoms with Crippen molar-refractivity contribution < 1.29 is 88.9 Å². The molecule has 6 rings (SSSR count). The van der Waals surface area contributed by atoms with Gasteiger partial charge >= 0.3 is 16.8 Å². The molecule has 0 aromatic heterocycles. The number of hydrogen-bond acceptors (Lipinski definition) is 18. The minimum Gasteiger partial charge on any atom is -0.756 e. The first-order valence-electron chi connectivity index (χ1n) is 26.9. The Morgan fingerprint density at radius 1 is 0.790 bits per heavy atom. The molecule has 28 heteroatoms. The molecule has 2 fully saturated rings. The van der Waals surface area contributed by atoms with Crippen LogP contribution in [0.2, 0.25) is 0 Å². The van der Waals surface area contributed by atoms with Crippen molar-refractivity contribution >= 4 is 66.3 Å². The van der Waals surface area contributed by atoms with E-state index in [2.05, 4.69) is 5.32 Å². The van der Waals surface area contributed by atoms with Crippen LogP contribution in [0.3, 0.4) is 0 Å². The van der Waals surface area contributed by atoms with E-state index in [9.17, 15) is 58.3 Å². The van der Waals surface area contributed by atoms with Crippen LogP contribution in [-0.2, 0) is 68.7 Å². The second kappa shape index (κ2) is 24.9. The number of phosphoric acid groups is 1. The summed E-state index contributed by atoms with van der Waals surface area (Å²) >= 11 is 0. The number of nitrogens with zero attached hydrogens (tertiary/aromatic N) is 4. The predicted octanol–water partition coefficient (Wildman–Crippen LogP) is 0.466. The summed E-state index contributed by atoms with van der Waals surface area (Å²) in [4.78, 5) is 122. The van der Waals surface area contributed by atoms with Gasteiger partial charge in [-0.3, -0.25) is 53.1 Å². The fraction of sp³-hybridized carbons (Fsp3) is 0.698. The molecule has 6 aliphatic heterocycles. The van der Waals surface area contributed by atoms with Crippen molar-refractivity contribution in [3.05, 3.63) is 39.6 Å². The van der Waals surface area contributed by atoms with Gasteiger partial charge in [-0.05, 0) is 81.9 Å². The molecule has 16 N–H and O–H groups in total. The number of rotatable bonds is 25. The first-order valence-corrected chi connectivity index (χ1v) is 28.3. The number of ether oxygens (including phenoxy) is 1. The molecule has 8 bridgehead atoms. The van der Waals surface area contributed by atoms with Gasteiger partial charge in [-0.25, -0.2) is 0 Å². The zero-order valence-corrected chi connectivity index (χ0v) is 49.3. The van der Waals surface area contributed by atoms with Gasteiger partial charge in [-0.1, -0.05) is 40.7 Å². The molecule has 26 nitrogen and oxygen atoms in total. The summed E-state index contributed by atoms with van der Waals surface area (Å²) in [5.41, 5.74) is 33.3. The molecule has 2 saturated heterocycles. The fourth-order valence-electron chi connectivity index (χ4n) is 13.6. The monoisotopic (exact) mass is 1200 g/mol. The van der Waals surface area contributed by atoms with Crippen LogP contribution < -0.4 is 44.6 Å². The van der Waals surface area contributed by atoms with E-state index >= 15 is 0 Å². The van der Waals surface area contributed by atoms with Crippen molar-refractivity contribution in [1.29, 1.82) is 0 Å². The Kier molecular flexibility index (Phi) is 20.5. The summed E-state index contributed by atoms with van der Waals surface area (Å²) in [5, 5.41) is 37.9. The Hall–Kier alpha value is -5.22. The molecule has 0 aliphatic carbocycles. The van der Waals surface area contributed by atoms with Crippen molar-refractivity contribution in [2.45, 2.75) is 175 Å². The van der Waals surface area contributed by atoms with E-state index in [1.165, 1.54) is 6.92 Å². The van der Waals surface area contributed by atoms with Crippen LogP contribution in [0.15, 0.2) is 49.3 Å². The molecule has 81 heavy (non-hydrogen) atoms. The molecule has 0 spiro atoms. The summed E-state index contributed by atoms with van der Waals surface area (Å²) in [5.74, 6) is -7.43. The molecule has 0 radical (unpaired) electrons. The minimum atomic E-state index is -5.27. The Morgan fingerprint density at radius 2 is 1.36 bits per heavy atom. The van der Waals surface area contributed by atoms with Gasteiger partial charge in [0.25, 0.3) is 7.82 Å². The Labute approximate surface area is 481 Å². The average molecular weight is 1200 g/mol. The van der Waals surface area contributed by atoms with Gasteiger partial charge < -0.3 is 79.0 Å². The maximum absolute atomic E-state index is 14.1.